The van der Waals surface area contributed by atoms with Gasteiger partial charge < -0.3 is 34.6 Å². The van der Waals surface area contributed by atoms with Gasteiger partial charge in [-0.05, 0) is 138 Å². The van der Waals surface area contributed by atoms with E-state index < -0.39 is 19.7 Å². The van der Waals surface area contributed by atoms with Crippen molar-refractivity contribution >= 4 is 42.1 Å². The van der Waals surface area contributed by atoms with Gasteiger partial charge in [-0.1, -0.05) is 96.2 Å². The number of anilines is 3. The van der Waals surface area contributed by atoms with E-state index in [-0.39, 0.29) is 48.5 Å². The van der Waals surface area contributed by atoms with Gasteiger partial charge in [0.25, 0.3) is 5.91 Å². The van der Waals surface area contributed by atoms with E-state index in [4.69, 9.17) is 14.2 Å². The van der Waals surface area contributed by atoms with Crippen molar-refractivity contribution in [2.75, 3.05) is 49.8 Å². The molecule has 14 heteroatoms. The summed E-state index contributed by atoms with van der Waals surface area (Å²) in [5.74, 6) is 0.720. The Morgan fingerprint density at radius 1 is 0.958 bits per heavy atom. The van der Waals surface area contributed by atoms with Crippen molar-refractivity contribution in [1.82, 2.24) is 20.3 Å². The van der Waals surface area contributed by atoms with Crippen LogP contribution in [0.3, 0.4) is 0 Å². The van der Waals surface area contributed by atoms with Gasteiger partial charge in [0.05, 0.1) is 63.5 Å². The summed E-state index contributed by atoms with van der Waals surface area (Å²) in [5.41, 5.74) is 6.63. The summed E-state index contributed by atoms with van der Waals surface area (Å²) in [6, 6.07) is 29.7. The summed E-state index contributed by atoms with van der Waals surface area (Å²) in [6.45, 7) is 17.2. The van der Waals surface area contributed by atoms with Gasteiger partial charge in [0.15, 0.2) is 5.60 Å². The van der Waals surface area contributed by atoms with Gasteiger partial charge in [-0.15, -0.1) is 5.10 Å². The number of carbonyl (C=O) groups is 2. The number of amides is 2. The van der Waals surface area contributed by atoms with E-state index in [2.05, 4.69) is 80.7 Å². The number of hydrogen-bond donors (Lipinski definition) is 3. The zero-order valence-corrected chi connectivity index (χ0v) is 44.4. The second kappa shape index (κ2) is 22.9. The van der Waals surface area contributed by atoms with Crippen molar-refractivity contribution in [3.8, 4) is 11.5 Å². The average Bonchev–Trinajstić information content (AvgIpc) is 4.04. The molecule has 4 aromatic carbocycles. The Kier molecular flexibility index (Phi) is 16.7. The number of aryl methyl sites for hydroxylation is 1. The van der Waals surface area contributed by atoms with E-state index in [0.29, 0.717) is 56.9 Å². The van der Waals surface area contributed by atoms with Crippen molar-refractivity contribution < 1.29 is 34.0 Å². The second-order valence-corrected chi connectivity index (χ2v) is 25.2. The van der Waals surface area contributed by atoms with Crippen LogP contribution in [0.5, 0.6) is 11.5 Å². The molecule has 1 spiro atoms. The van der Waals surface area contributed by atoms with Crippen molar-refractivity contribution in [2.24, 2.45) is 5.92 Å². The molecule has 1 fully saturated rings. The largest absolute Gasteiger partial charge is 0.497 e. The van der Waals surface area contributed by atoms with Gasteiger partial charge in [0.2, 0.25) is 5.91 Å². The maximum atomic E-state index is 15.9. The Balaban J connectivity index is 1.23. The highest BCUT2D eigenvalue weighted by atomic mass is 28.3. The van der Waals surface area contributed by atoms with Crippen LogP contribution in [0, 0.1) is 5.92 Å². The van der Waals surface area contributed by atoms with E-state index in [0.717, 1.165) is 58.8 Å². The second-order valence-electron chi connectivity index (χ2n) is 20.5. The Morgan fingerprint density at radius 3 is 2.42 bits per heavy atom. The van der Waals surface area contributed by atoms with Crippen LogP contribution >= 0.6 is 0 Å². The fourth-order valence-corrected chi connectivity index (χ4v) is 15.5. The molecule has 13 nitrogen and oxygen atoms in total. The first-order valence-corrected chi connectivity index (χ1v) is 28.9. The van der Waals surface area contributed by atoms with Gasteiger partial charge in [0, 0.05) is 43.1 Å². The maximum Gasteiger partial charge on any atom is 0.264 e. The smallest absolute Gasteiger partial charge is 0.264 e. The number of ether oxygens (including phenoxy) is 3. The molecule has 382 valence electrons. The van der Waals surface area contributed by atoms with Crippen LogP contribution in [0.15, 0.2) is 120 Å². The van der Waals surface area contributed by atoms with Crippen molar-refractivity contribution in [2.45, 2.75) is 122 Å². The number of rotatable bonds is 22. The molecule has 3 aliphatic rings. The van der Waals surface area contributed by atoms with Gasteiger partial charge in [0.1, 0.15) is 11.5 Å². The summed E-state index contributed by atoms with van der Waals surface area (Å²) in [5, 5.41) is 33.8. The van der Waals surface area contributed by atoms with Crippen molar-refractivity contribution in [3.63, 3.8) is 0 Å². The highest BCUT2D eigenvalue weighted by molar-refractivity contribution is 6.91. The molecule has 0 radical (unpaired) electrons. The van der Waals surface area contributed by atoms with E-state index in [1.165, 1.54) is 16.3 Å². The zero-order chi connectivity index (χ0) is 51.2. The van der Waals surface area contributed by atoms with Crippen LogP contribution in [-0.2, 0) is 32.9 Å². The first-order valence-electron chi connectivity index (χ1n) is 25.8. The molecule has 4 heterocycles. The summed E-state index contributed by atoms with van der Waals surface area (Å²) in [4.78, 5) is 34.5. The van der Waals surface area contributed by atoms with Crippen LogP contribution in [0.25, 0.3) is 0 Å². The molecule has 8 rings (SSSR count). The molecule has 0 aliphatic carbocycles. The number of aliphatic hydroxyl groups is 2. The molecule has 2 amide bonds. The Bertz CT molecular complexity index is 2740. The van der Waals surface area contributed by atoms with Gasteiger partial charge in [-0.25, -0.2) is 0 Å². The van der Waals surface area contributed by atoms with Crippen LogP contribution in [0.4, 0.5) is 17.1 Å². The Labute approximate surface area is 426 Å². The highest BCUT2D eigenvalue weighted by Gasteiger charge is 2.66. The van der Waals surface area contributed by atoms with Gasteiger partial charge in [-0.2, -0.15) is 0 Å². The maximum absolute atomic E-state index is 15.9. The Morgan fingerprint density at radius 2 is 1.71 bits per heavy atom. The highest BCUT2D eigenvalue weighted by Crippen LogP contribution is 2.60. The minimum absolute atomic E-state index is 0.0491. The summed E-state index contributed by atoms with van der Waals surface area (Å²) < 4.78 is 21.0. The number of hydrogen-bond acceptors (Lipinski definition) is 10. The number of carbonyl (C=O) groups excluding carboxylic acids is 2. The molecule has 5 aromatic rings. The van der Waals surface area contributed by atoms with Gasteiger partial charge in [-0.3, -0.25) is 19.2 Å². The number of allylic oxidation sites excluding steroid dienone is 3. The molecule has 1 saturated heterocycles. The molecule has 72 heavy (non-hydrogen) atoms. The number of benzene rings is 4. The number of aliphatic hydroxyl groups excluding tert-OH is 2. The fraction of sp³-hybridized carbons (Fsp3) is 0.448. The number of methoxy groups -OCH3 is 1. The number of fused-ring (bicyclic) bond motifs is 3. The molecule has 1 aromatic heterocycles. The van der Waals surface area contributed by atoms with Gasteiger partial charge >= 0.3 is 0 Å². The minimum atomic E-state index is -2.53. The molecule has 2 unspecified atom stereocenters. The third-order valence-corrected chi connectivity index (χ3v) is 19.6. The summed E-state index contributed by atoms with van der Waals surface area (Å²) in [6.07, 6.45) is 10.2. The first-order chi connectivity index (χ1) is 34.7. The average molecular weight is 995 g/mol. The molecular formula is C58H74N6O7Si. The van der Waals surface area contributed by atoms with E-state index in [1.54, 1.807) is 12.0 Å². The summed E-state index contributed by atoms with van der Waals surface area (Å²) in [7, 11) is -0.852. The molecule has 0 bridgehead atoms. The summed E-state index contributed by atoms with van der Waals surface area (Å²) >= 11 is 0. The standard InChI is InChI=1S/C58H74N6O7Si/c1-9-70-46-23-27-52-43(34-46)35-50(59-30-13-14-33-65)56(67)64(52)44-20-26-53-49(36-44)58(57(68)63(53)32-28-40(4)17-15-16-39(2)3)41(5)55(72(7,8)47-24-21-45(69-6)22-25-47)54(71-58)29-31-62-37-51(60-61-62)48(38-66)42-18-11-10-12-19-42/h10-12,16,18-28,34,36-37,41,48,50,54-55,59,65-66H,9,13-15,17,29-33,35,38H2,1-8H3/b40-28+/t41-,48?,50?,54+,55-,58+/m0/s1. The third-order valence-electron chi connectivity index (χ3n) is 15.3. The van der Waals surface area contributed by atoms with Crippen molar-refractivity contribution in [1.29, 1.82) is 0 Å². The van der Waals surface area contributed by atoms with E-state index in [1.807, 2.05) is 102 Å². The molecule has 6 atom stereocenters. The molecular weight excluding hydrogens is 921 g/mol. The number of nitrogens with one attached hydrogen (secondary N) is 1. The van der Waals surface area contributed by atoms with Crippen LogP contribution < -0.4 is 29.8 Å². The lowest BCUT2D eigenvalue weighted by Gasteiger charge is -2.37. The normalized spacial score (nSPS) is 21.3. The Hall–Kier alpha value is -5.90. The minimum Gasteiger partial charge on any atom is -0.497 e. The van der Waals surface area contributed by atoms with E-state index in [9.17, 15) is 15.0 Å². The van der Waals surface area contributed by atoms with Crippen molar-refractivity contribution in [3.05, 3.63) is 143 Å². The number of unbranched alkanes of at least 4 members (excludes halogenated alkanes) is 1. The lowest BCUT2D eigenvalue weighted by molar-refractivity contribution is -0.145. The third kappa shape index (κ3) is 10.6. The van der Waals surface area contributed by atoms with Crippen LogP contribution in [0.2, 0.25) is 18.6 Å². The SMILES string of the molecule is CCOc1ccc2c(c1)CC(NCCCCO)C(=O)N2c1ccc2c(c1)[C@@]1(O[C@H](CCn3cc(C(CO)c4ccccc4)nn3)[C@@H]([Si](C)(C)c3ccc(OC)cc3)[C@@H]1C)C(=O)N2C/C=C(\C)CCC=C(C)C. The molecule has 0 saturated carbocycles. The predicted octanol–water partition coefficient (Wildman–Crippen LogP) is 9.11. The molecule has 3 aliphatic heterocycles. The topological polar surface area (TPSA) is 152 Å². The lowest BCUT2D eigenvalue weighted by Crippen LogP contribution is -2.52. The zero-order valence-electron chi connectivity index (χ0n) is 43.4. The number of nitrogens with zero attached hydrogens (tertiary/aromatic N) is 5. The molecule has 3 N–H and O–H groups in total. The fourth-order valence-electron chi connectivity index (χ4n) is 11.4. The van der Waals surface area contributed by atoms with Crippen LogP contribution in [-0.4, -0.2) is 97.3 Å². The quantitative estimate of drug-likeness (QED) is 0.0348. The lowest BCUT2D eigenvalue weighted by atomic mass is 9.82. The van der Waals surface area contributed by atoms with E-state index >= 15 is 4.79 Å². The van der Waals surface area contributed by atoms with Crippen LogP contribution in [0.1, 0.15) is 95.0 Å². The monoisotopic (exact) mass is 995 g/mol. The first kappa shape index (κ1) is 52.4. The predicted molar refractivity (Wildman–Crippen MR) is 287 cm³/mol. The number of aromatic nitrogens is 3.